The van der Waals surface area contributed by atoms with Crippen LogP contribution in [0.4, 0.5) is 0 Å². The highest BCUT2D eigenvalue weighted by atomic mass is 32.2. The summed E-state index contributed by atoms with van der Waals surface area (Å²) >= 11 is 1.70. The Morgan fingerprint density at radius 1 is 1.60 bits per heavy atom. The number of hydrogen-bond donors (Lipinski definition) is 0. The van der Waals surface area contributed by atoms with Crippen molar-refractivity contribution < 1.29 is 0 Å². The second-order valence-electron chi connectivity index (χ2n) is 1.68. The van der Waals surface area contributed by atoms with Crippen molar-refractivity contribution in [1.82, 2.24) is 10.2 Å². The van der Waals surface area contributed by atoms with Gasteiger partial charge in [0.05, 0.1) is 12.4 Å². The van der Waals surface area contributed by atoms with Crippen molar-refractivity contribution in [2.75, 3.05) is 5.75 Å². The quantitative estimate of drug-likeness (QED) is 0.487. The number of nitrogens with zero attached hydrogens (tertiary/aromatic N) is 2. The molecule has 0 aliphatic rings. The summed E-state index contributed by atoms with van der Waals surface area (Å²) in [5.74, 6) is 0.922. The van der Waals surface area contributed by atoms with Crippen molar-refractivity contribution in [1.29, 1.82) is 0 Å². The minimum Gasteiger partial charge on any atom is -0.159 e. The lowest BCUT2D eigenvalue weighted by Gasteiger charge is -1.92. The van der Waals surface area contributed by atoms with Crippen molar-refractivity contribution >= 4 is 11.8 Å². The molecular formula is C7H8N2S. The fraction of sp³-hybridized carbons (Fsp3) is 0.143. The second kappa shape index (κ2) is 4.06. The summed E-state index contributed by atoms with van der Waals surface area (Å²) in [6, 6.07) is 1.93. The van der Waals surface area contributed by atoms with Gasteiger partial charge < -0.3 is 0 Å². The Bertz CT molecular complexity index is 198. The molecule has 0 N–H and O–H groups in total. The van der Waals surface area contributed by atoms with Crippen LogP contribution in [0.3, 0.4) is 0 Å². The Labute approximate surface area is 64.4 Å². The molecule has 10 heavy (non-hydrogen) atoms. The highest BCUT2D eigenvalue weighted by Gasteiger charge is 1.88. The molecule has 0 radical (unpaired) electrons. The van der Waals surface area contributed by atoms with Gasteiger partial charge in [0.25, 0.3) is 0 Å². The maximum Gasteiger partial charge on any atom is 0.0632 e. The summed E-state index contributed by atoms with van der Waals surface area (Å²) < 4.78 is 0. The predicted molar refractivity (Wildman–Crippen MR) is 43.0 cm³/mol. The van der Waals surface area contributed by atoms with Crippen LogP contribution >= 0.6 is 11.8 Å². The Morgan fingerprint density at radius 3 is 3.10 bits per heavy atom. The molecule has 0 bridgehead atoms. The number of hydrogen-bond acceptors (Lipinski definition) is 3. The zero-order chi connectivity index (χ0) is 7.23. The first-order valence-electron chi connectivity index (χ1n) is 2.94. The van der Waals surface area contributed by atoms with Crippen LogP contribution in [0.15, 0.2) is 36.0 Å². The van der Waals surface area contributed by atoms with Crippen molar-refractivity contribution in [2.45, 2.75) is 4.90 Å². The molecule has 3 heteroatoms. The lowest BCUT2D eigenvalue weighted by atomic mass is 10.6. The molecule has 0 aliphatic heterocycles. The van der Waals surface area contributed by atoms with Crippen molar-refractivity contribution in [2.24, 2.45) is 0 Å². The highest BCUT2D eigenvalue weighted by molar-refractivity contribution is 7.99. The number of aromatic nitrogens is 2. The van der Waals surface area contributed by atoms with Gasteiger partial charge in [0, 0.05) is 10.6 Å². The second-order valence-corrected chi connectivity index (χ2v) is 2.77. The van der Waals surface area contributed by atoms with Crippen molar-refractivity contribution in [3.8, 4) is 0 Å². The molecule has 52 valence electrons. The molecule has 0 unspecified atom stereocenters. The van der Waals surface area contributed by atoms with Gasteiger partial charge in [-0.05, 0) is 6.07 Å². The van der Waals surface area contributed by atoms with Crippen LogP contribution in [-0.4, -0.2) is 16.0 Å². The summed E-state index contributed by atoms with van der Waals surface area (Å²) in [5, 5.41) is 7.40. The molecule has 0 aliphatic carbocycles. The molecule has 0 amide bonds. The molecule has 0 saturated heterocycles. The maximum absolute atomic E-state index is 3.73. The summed E-state index contributed by atoms with van der Waals surface area (Å²) in [5.41, 5.74) is 0. The molecule has 0 aromatic carbocycles. The molecule has 0 fully saturated rings. The molecule has 0 atom stereocenters. The third-order valence-corrected chi connectivity index (χ3v) is 1.90. The van der Waals surface area contributed by atoms with Crippen LogP contribution in [0.25, 0.3) is 0 Å². The van der Waals surface area contributed by atoms with E-state index in [-0.39, 0.29) is 0 Å². The van der Waals surface area contributed by atoms with Gasteiger partial charge in [0.2, 0.25) is 0 Å². The van der Waals surface area contributed by atoms with E-state index < -0.39 is 0 Å². The van der Waals surface area contributed by atoms with E-state index in [2.05, 4.69) is 16.8 Å². The van der Waals surface area contributed by atoms with Crippen LogP contribution in [0.1, 0.15) is 0 Å². The van der Waals surface area contributed by atoms with E-state index in [9.17, 15) is 0 Å². The van der Waals surface area contributed by atoms with Crippen LogP contribution in [0.5, 0.6) is 0 Å². The first-order chi connectivity index (χ1) is 4.93. The Balaban J connectivity index is 2.50. The van der Waals surface area contributed by atoms with Crippen LogP contribution in [-0.2, 0) is 0 Å². The average molecular weight is 152 g/mol. The van der Waals surface area contributed by atoms with E-state index >= 15 is 0 Å². The first-order valence-corrected chi connectivity index (χ1v) is 3.92. The molecule has 1 aromatic heterocycles. The summed E-state index contributed by atoms with van der Waals surface area (Å²) in [7, 11) is 0. The van der Waals surface area contributed by atoms with E-state index in [0.29, 0.717) is 0 Å². The van der Waals surface area contributed by atoms with Crippen molar-refractivity contribution in [3.05, 3.63) is 31.1 Å². The third-order valence-electron chi connectivity index (χ3n) is 0.925. The van der Waals surface area contributed by atoms with E-state index in [1.807, 2.05) is 12.1 Å². The topological polar surface area (TPSA) is 25.8 Å². The molecular weight excluding hydrogens is 144 g/mol. The lowest BCUT2D eigenvalue weighted by molar-refractivity contribution is 0.997. The lowest BCUT2D eigenvalue weighted by Crippen LogP contribution is -1.78. The Morgan fingerprint density at radius 2 is 2.50 bits per heavy atom. The molecule has 0 spiro atoms. The average Bonchev–Trinajstić information content (AvgIpc) is 2.03. The normalized spacial score (nSPS) is 9.20. The smallest absolute Gasteiger partial charge is 0.0632 e. The minimum atomic E-state index is 0.922. The van der Waals surface area contributed by atoms with E-state index in [0.717, 1.165) is 10.6 Å². The van der Waals surface area contributed by atoms with Gasteiger partial charge in [-0.3, -0.25) is 0 Å². The fourth-order valence-corrected chi connectivity index (χ4v) is 1.11. The monoisotopic (exact) mass is 152 g/mol. The zero-order valence-electron chi connectivity index (χ0n) is 5.53. The standard InChI is InChI=1S/C7H8N2S/c1-2-5-10-7-3-4-8-9-6-7/h2-4,6H,1,5H2. The van der Waals surface area contributed by atoms with E-state index in [1.165, 1.54) is 0 Å². The van der Waals surface area contributed by atoms with Gasteiger partial charge in [-0.25, -0.2) is 0 Å². The summed E-state index contributed by atoms with van der Waals surface area (Å²) in [4.78, 5) is 1.13. The van der Waals surface area contributed by atoms with Gasteiger partial charge in [0.1, 0.15) is 0 Å². The minimum absolute atomic E-state index is 0.922. The number of rotatable bonds is 3. The van der Waals surface area contributed by atoms with Gasteiger partial charge >= 0.3 is 0 Å². The fourth-order valence-electron chi connectivity index (χ4n) is 0.519. The van der Waals surface area contributed by atoms with Crippen LogP contribution in [0.2, 0.25) is 0 Å². The van der Waals surface area contributed by atoms with Gasteiger partial charge in [0.15, 0.2) is 0 Å². The first kappa shape index (κ1) is 7.28. The Kier molecular flexibility index (Phi) is 2.96. The van der Waals surface area contributed by atoms with Gasteiger partial charge in [-0.15, -0.1) is 18.3 Å². The molecule has 1 aromatic rings. The molecule has 1 heterocycles. The highest BCUT2D eigenvalue weighted by Crippen LogP contribution is 2.14. The predicted octanol–water partition coefficient (Wildman–Crippen LogP) is 1.75. The van der Waals surface area contributed by atoms with Crippen LogP contribution in [0, 0.1) is 0 Å². The van der Waals surface area contributed by atoms with Crippen molar-refractivity contribution in [3.63, 3.8) is 0 Å². The zero-order valence-corrected chi connectivity index (χ0v) is 6.34. The van der Waals surface area contributed by atoms with Gasteiger partial charge in [-0.1, -0.05) is 6.08 Å². The number of thioether (sulfide) groups is 1. The van der Waals surface area contributed by atoms with Crippen LogP contribution < -0.4 is 0 Å². The van der Waals surface area contributed by atoms with E-state index in [1.54, 1.807) is 24.2 Å². The summed E-state index contributed by atoms with van der Waals surface area (Å²) in [6.07, 6.45) is 5.30. The molecule has 2 nitrogen and oxygen atoms in total. The summed E-state index contributed by atoms with van der Waals surface area (Å²) in [6.45, 7) is 3.62. The SMILES string of the molecule is C=CCSc1ccnnc1. The maximum atomic E-state index is 3.73. The van der Waals surface area contributed by atoms with Gasteiger partial charge in [-0.2, -0.15) is 10.2 Å². The third kappa shape index (κ3) is 2.19. The van der Waals surface area contributed by atoms with E-state index in [4.69, 9.17) is 0 Å². The Hall–Kier alpha value is -0.830. The largest absolute Gasteiger partial charge is 0.159 e. The molecule has 0 saturated carbocycles. The molecule has 1 rings (SSSR count).